The van der Waals surface area contributed by atoms with Crippen LogP contribution >= 0.6 is 22.6 Å². The molecule has 0 saturated carbocycles. The normalized spacial score (nSPS) is 10.9. The number of amides is 1. The number of aliphatic carboxylic acids is 1. The van der Waals surface area contributed by atoms with Crippen LogP contribution in [-0.4, -0.2) is 41.9 Å². The van der Waals surface area contributed by atoms with Gasteiger partial charge in [0.05, 0.1) is 33.7 Å². The first-order valence-electron chi connectivity index (χ1n) is 10.5. The van der Waals surface area contributed by atoms with E-state index in [0.29, 0.717) is 37.4 Å². The molecule has 35 heavy (non-hydrogen) atoms. The zero-order valence-corrected chi connectivity index (χ0v) is 20.7. The lowest BCUT2D eigenvalue weighted by molar-refractivity contribution is -0.139. The van der Waals surface area contributed by atoms with E-state index in [0.717, 1.165) is 10.9 Å². The van der Waals surface area contributed by atoms with Gasteiger partial charge in [-0.15, -0.1) is 0 Å². The Morgan fingerprint density at radius 2 is 1.83 bits per heavy atom. The molecule has 0 unspecified atom stereocenters. The zero-order valence-electron chi connectivity index (χ0n) is 18.6. The number of carbonyl (C=O) groups excluding carboxylic acids is 1. The number of nitrogens with one attached hydrogen (secondary N) is 1. The van der Waals surface area contributed by atoms with Crippen molar-refractivity contribution in [2.24, 2.45) is 5.10 Å². The van der Waals surface area contributed by atoms with Gasteiger partial charge >= 0.3 is 5.97 Å². The van der Waals surface area contributed by atoms with Gasteiger partial charge in [-0.2, -0.15) is 5.10 Å². The second-order valence-electron chi connectivity index (χ2n) is 7.35. The molecule has 0 bridgehead atoms. The van der Waals surface area contributed by atoms with Crippen molar-refractivity contribution in [3.05, 3.63) is 87.5 Å². The number of aromatic nitrogens is 1. The Morgan fingerprint density at radius 3 is 2.57 bits per heavy atom. The third-order valence-corrected chi connectivity index (χ3v) is 5.80. The van der Waals surface area contributed by atoms with Crippen LogP contribution in [0.25, 0.3) is 22.2 Å². The first kappa shape index (κ1) is 24.1. The summed E-state index contributed by atoms with van der Waals surface area (Å²) < 4.78 is 11.3. The first-order chi connectivity index (χ1) is 17.0. The Bertz CT molecular complexity index is 1420. The van der Waals surface area contributed by atoms with Gasteiger partial charge in [0.25, 0.3) is 5.91 Å². The molecule has 0 radical (unpaired) electrons. The first-order valence-corrected chi connectivity index (χ1v) is 11.5. The maximum atomic E-state index is 13.1. The average molecular weight is 581 g/mol. The third-order valence-electron chi connectivity index (χ3n) is 5.00. The lowest BCUT2D eigenvalue weighted by Crippen LogP contribution is -2.18. The molecule has 0 fully saturated rings. The molecular weight excluding hydrogens is 561 g/mol. The van der Waals surface area contributed by atoms with E-state index in [1.807, 2.05) is 77.2 Å². The number of rotatable bonds is 8. The van der Waals surface area contributed by atoms with Crippen LogP contribution in [0.3, 0.4) is 0 Å². The Morgan fingerprint density at radius 1 is 1.09 bits per heavy atom. The largest absolute Gasteiger partial charge is 0.493 e. The van der Waals surface area contributed by atoms with Crippen molar-refractivity contribution in [2.45, 2.75) is 0 Å². The molecule has 176 valence electrons. The number of nitrogens with zero attached hydrogens (tertiary/aromatic N) is 2. The van der Waals surface area contributed by atoms with Gasteiger partial charge in [0.15, 0.2) is 18.1 Å². The fourth-order valence-electron chi connectivity index (χ4n) is 3.43. The summed E-state index contributed by atoms with van der Waals surface area (Å²) in [5.41, 5.74) is 5.98. The number of fused-ring (bicyclic) bond motifs is 1. The molecule has 0 spiro atoms. The summed E-state index contributed by atoms with van der Waals surface area (Å²) in [7, 11) is 1.46. The number of hydrogen-bond acceptors (Lipinski definition) is 6. The SMILES string of the molecule is COc1cc(/C=N/NC(=O)c2cc(-c3ccccc3)nc3ccccc23)cc(I)c1OCC(=O)O. The number of hydrogen-bond donors (Lipinski definition) is 2. The molecule has 8 nitrogen and oxygen atoms in total. The second-order valence-corrected chi connectivity index (χ2v) is 8.52. The van der Waals surface area contributed by atoms with Crippen LogP contribution in [0.2, 0.25) is 0 Å². The van der Waals surface area contributed by atoms with Gasteiger partial charge in [0, 0.05) is 10.9 Å². The lowest BCUT2D eigenvalue weighted by atomic mass is 10.0. The smallest absolute Gasteiger partial charge is 0.341 e. The van der Waals surface area contributed by atoms with Crippen molar-refractivity contribution in [3.8, 4) is 22.8 Å². The molecule has 1 amide bonds. The molecular formula is C26H20IN3O5. The second kappa shape index (κ2) is 11.0. The molecule has 0 atom stereocenters. The van der Waals surface area contributed by atoms with Gasteiger partial charge in [-0.3, -0.25) is 4.79 Å². The van der Waals surface area contributed by atoms with E-state index in [-0.39, 0.29) is 5.91 Å². The highest BCUT2D eigenvalue weighted by Crippen LogP contribution is 2.33. The summed E-state index contributed by atoms with van der Waals surface area (Å²) in [4.78, 5) is 28.6. The van der Waals surface area contributed by atoms with Crippen LogP contribution in [-0.2, 0) is 4.79 Å². The summed E-state index contributed by atoms with van der Waals surface area (Å²) in [5, 5.41) is 13.7. The molecule has 4 rings (SSSR count). The molecule has 0 aliphatic rings. The van der Waals surface area contributed by atoms with Crippen LogP contribution < -0.4 is 14.9 Å². The molecule has 0 aliphatic carbocycles. The summed E-state index contributed by atoms with van der Waals surface area (Å²) in [5.74, 6) is -0.776. The van der Waals surface area contributed by atoms with Crippen molar-refractivity contribution in [1.82, 2.24) is 10.4 Å². The van der Waals surface area contributed by atoms with Crippen molar-refractivity contribution >= 4 is 51.6 Å². The van der Waals surface area contributed by atoms with Gasteiger partial charge < -0.3 is 14.6 Å². The predicted octanol–water partition coefficient (Wildman–Crippen LogP) is 4.74. The van der Waals surface area contributed by atoms with Gasteiger partial charge in [0.2, 0.25) is 0 Å². The number of ether oxygens (including phenoxy) is 2. The zero-order chi connectivity index (χ0) is 24.8. The highest BCUT2D eigenvalue weighted by Gasteiger charge is 2.15. The summed E-state index contributed by atoms with van der Waals surface area (Å²) >= 11 is 2.02. The van der Waals surface area contributed by atoms with Gasteiger partial charge in [-0.25, -0.2) is 15.2 Å². The number of methoxy groups -OCH3 is 1. The minimum Gasteiger partial charge on any atom is -0.493 e. The van der Waals surface area contributed by atoms with Crippen LogP contribution in [0.15, 0.2) is 77.9 Å². The monoisotopic (exact) mass is 581 g/mol. The van der Waals surface area contributed by atoms with Crippen LogP contribution in [0, 0.1) is 3.57 Å². The van der Waals surface area contributed by atoms with Crippen LogP contribution in [0.4, 0.5) is 0 Å². The molecule has 1 aromatic heterocycles. The molecule has 0 saturated heterocycles. The minimum atomic E-state index is -1.09. The van der Waals surface area contributed by atoms with E-state index in [9.17, 15) is 9.59 Å². The Hall–Kier alpha value is -3.99. The molecule has 4 aromatic rings. The topological polar surface area (TPSA) is 110 Å². The summed E-state index contributed by atoms with van der Waals surface area (Å²) in [6, 6.07) is 22.2. The minimum absolute atomic E-state index is 0.327. The summed E-state index contributed by atoms with van der Waals surface area (Å²) in [6.45, 7) is -0.485. The number of carbonyl (C=O) groups is 2. The van der Waals surface area contributed by atoms with Gasteiger partial charge in [-0.1, -0.05) is 48.5 Å². The van der Waals surface area contributed by atoms with Crippen LogP contribution in [0.5, 0.6) is 11.5 Å². The van der Waals surface area contributed by atoms with Crippen molar-refractivity contribution in [1.29, 1.82) is 0 Å². The molecule has 2 N–H and O–H groups in total. The highest BCUT2D eigenvalue weighted by atomic mass is 127. The van der Waals surface area contributed by atoms with E-state index < -0.39 is 12.6 Å². The van der Waals surface area contributed by atoms with E-state index >= 15 is 0 Å². The Kier molecular flexibility index (Phi) is 7.56. The van der Waals surface area contributed by atoms with Crippen molar-refractivity contribution in [2.75, 3.05) is 13.7 Å². The number of carboxylic acids is 1. The molecule has 1 heterocycles. The maximum absolute atomic E-state index is 13.1. The highest BCUT2D eigenvalue weighted by molar-refractivity contribution is 14.1. The number of carboxylic acid groups (broad SMARTS) is 1. The van der Waals surface area contributed by atoms with E-state index in [4.69, 9.17) is 19.6 Å². The van der Waals surface area contributed by atoms with Crippen LogP contribution in [0.1, 0.15) is 15.9 Å². The number of halogens is 1. The quantitative estimate of drug-likeness (QED) is 0.177. The number of benzene rings is 3. The molecule has 9 heteroatoms. The Balaban J connectivity index is 1.59. The summed E-state index contributed by atoms with van der Waals surface area (Å²) in [6.07, 6.45) is 1.48. The van der Waals surface area contributed by atoms with Gasteiger partial charge in [0.1, 0.15) is 0 Å². The fraction of sp³-hybridized carbons (Fsp3) is 0.0769. The van der Waals surface area contributed by atoms with Crippen molar-refractivity contribution in [3.63, 3.8) is 0 Å². The molecule has 0 aliphatic heterocycles. The average Bonchev–Trinajstić information content (AvgIpc) is 2.87. The number of pyridine rings is 1. The lowest BCUT2D eigenvalue weighted by Gasteiger charge is -2.12. The van der Waals surface area contributed by atoms with E-state index in [2.05, 4.69) is 10.5 Å². The van der Waals surface area contributed by atoms with Crippen molar-refractivity contribution < 1.29 is 24.2 Å². The fourth-order valence-corrected chi connectivity index (χ4v) is 4.22. The number of hydrazone groups is 1. The number of para-hydroxylation sites is 1. The Labute approximate surface area is 214 Å². The van der Waals surface area contributed by atoms with E-state index in [1.165, 1.54) is 13.3 Å². The predicted molar refractivity (Wildman–Crippen MR) is 141 cm³/mol. The third kappa shape index (κ3) is 5.75. The molecule has 3 aromatic carbocycles. The van der Waals surface area contributed by atoms with Gasteiger partial charge in [-0.05, 0) is 52.4 Å². The maximum Gasteiger partial charge on any atom is 0.341 e. The van der Waals surface area contributed by atoms with E-state index in [1.54, 1.807) is 18.2 Å². The standard InChI is InChI=1S/C26H20IN3O5/c1-34-23-12-16(11-20(27)25(23)35-15-24(31)32)14-28-30-26(33)19-13-22(17-7-3-2-4-8-17)29-21-10-6-5-9-18(19)21/h2-14H,15H2,1H3,(H,30,33)(H,31,32)/b28-14+.